The van der Waals surface area contributed by atoms with Gasteiger partial charge in [0.2, 0.25) is 0 Å². The lowest BCUT2D eigenvalue weighted by Crippen LogP contribution is -2.19. The van der Waals surface area contributed by atoms with Crippen molar-refractivity contribution in [2.75, 3.05) is 5.73 Å². The molecule has 1 aromatic carbocycles. The Hall–Kier alpha value is -2.03. The lowest BCUT2D eigenvalue weighted by Gasteiger charge is -2.13. The zero-order valence-electron chi connectivity index (χ0n) is 10.8. The Labute approximate surface area is 107 Å². The van der Waals surface area contributed by atoms with E-state index in [9.17, 15) is 4.79 Å². The minimum atomic E-state index is -0.185. The van der Waals surface area contributed by atoms with Crippen molar-refractivity contribution in [1.82, 2.24) is 4.98 Å². The summed E-state index contributed by atoms with van der Waals surface area (Å²) in [5.41, 5.74) is 10.3. The molecular weight excluding hydrogens is 224 g/mol. The molecular formula is C15H18N2O. The summed E-state index contributed by atoms with van der Waals surface area (Å²) in [4.78, 5) is 14.5. The zero-order chi connectivity index (χ0) is 13.1. The fraction of sp³-hybridized carbons (Fsp3) is 0.267. The molecule has 0 aliphatic rings. The van der Waals surface area contributed by atoms with Crippen molar-refractivity contribution in [2.24, 2.45) is 0 Å². The van der Waals surface area contributed by atoms with Crippen LogP contribution in [-0.4, -0.2) is 4.98 Å². The molecule has 0 fully saturated rings. The van der Waals surface area contributed by atoms with Crippen LogP contribution in [0.4, 0.5) is 5.69 Å². The number of H-pyrrole nitrogens is 1. The maximum absolute atomic E-state index is 11.7. The molecule has 0 bridgehead atoms. The van der Waals surface area contributed by atoms with E-state index in [1.54, 1.807) is 0 Å². The average molecular weight is 242 g/mol. The standard InChI is InChI=1S/C15H18N2O/c1-3-12-10(2)17-15(18)14(16)13(12)9-11-7-5-4-6-8-11/h4-8H,3,9,16H2,1-2H3,(H,17,18). The summed E-state index contributed by atoms with van der Waals surface area (Å²) in [6.07, 6.45) is 1.58. The van der Waals surface area contributed by atoms with E-state index in [4.69, 9.17) is 5.73 Å². The number of hydrogen-bond acceptors (Lipinski definition) is 2. The monoisotopic (exact) mass is 242 g/mol. The van der Waals surface area contributed by atoms with Crippen molar-refractivity contribution in [1.29, 1.82) is 0 Å². The van der Waals surface area contributed by atoms with Crippen LogP contribution in [0, 0.1) is 6.92 Å². The Bertz CT molecular complexity index is 600. The number of nitrogens with one attached hydrogen (secondary N) is 1. The molecule has 1 aromatic heterocycles. The first-order valence-corrected chi connectivity index (χ1v) is 6.17. The molecule has 3 N–H and O–H groups in total. The highest BCUT2D eigenvalue weighted by molar-refractivity contribution is 5.52. The summed E-state index contributed by atoms with van der Waals surface area (Å²) in [7, 11) is 0. The second kappa shape index (κ2) is 5.08. The quantitative estimate of drug-likeness (QED) is 0.868. The lowest BCUT2D eigenvalue weighted by atomic mass is 9.96. The van der Waals surface area contributed by atoms with Crippen LogP contribution in [0.15, 0.2) is 35.1 Å². The number of nitrogen functional groups attached to an aromatic ring is 1. The largest absolute Gasteiger partial charge is 0.394 e. The predicted octanol–water partition coefficient (Wildman–Crippen LogP) is 2.42. The van der Waals surface area contributed by atoms with Gasteiger partial charge in [0.1, 0.15) is 5.69 Å². The normalized spacial score (nSPS) is 10.6. The molecule has 2 rings (SSSR count). The summed E-state index contributed by atoms with van der Waals surface area (Å²) >= 11 is 0. The summed E-state index contributed by atoms with van der Waals surface area (Å²) in [6.45, 7) is 4.00. The third-order valence-electron chi connectivity index (χ3n) is 3.26. The van der Waals surface area contributed by atoms with E-state index < -0.39 is 0 Å². The summed E-state index contributed by atoms with van der Waals surface area (Å²) in [5, 5.41) is 0. The fourth-order valence-corrected chi connectivity index (χ4v) is 2.32. The van der Waals surface area contributed by atoms with E-state index in [0.717, 1.165) is 23.2 Å². The van der Waals surface area contributed by atoms with Crippen LogP contribution < -0.4 is 11.3 Å². The second-order valence-corrected chi connectivity index (χ2v) is 4.47. The molecule has 0 amide bonds. The van der Waals surface area contributed by atoms with Gasteiger partial charge in [-0.25, -0.2) is 0 Å². The van der Waals surface area contributed by atoms with Gasteiger partial charge in [-0.15, -0.1) is 0 Å². The topological polar surface area (TPSA) is 58.9 Å². The van der Waals surface area contributed by atoms with Crippen molar-refractivity contribution in [3.8, 4) is 0 Å². The van der Waals surface area contributed by atoms with Gasteiger partial charge in [0.25, 0.3) is 5.56 Å². The van der Waals surface area contributed by atoms with Crippen LogP contribution in [0.2, 0.25) is 0 Å². The van der Waals surface area contributed by atoms with E-state index in [2.05, 4.69) is 24.0 Å². The van der Waals surface area contributed by atoms with Gasteiger partial charge in [-0.1, -0.05) is 37.3 Å². The van der Waals surface area contributed by atoms with Gasteiger partial charge in [0, 0.05) is 12.1 Å². The molecule has 94 valence electrons. The van der Waals surface area contributed by atoms with Crippen molar-refractivity contribution < 1.29 is 0 Å². The van der Waals surface area contributed by atoms with Gasteiger partial charge in [-0.05, 0) is 30.0 Å². The molecule has 18 heavy (non-hydrogen) atoms. The highest BCUT2D eigenvalue weighted by Gasteiger charge is 2.12. The highest BCUT2D eigenvalue weighted by Crippen LogP contribution is 2.20. The van der Waals surface area contributed by atoms with Gasteiger partial charge in [0.05, 0.1) is 0 Å². The number of aromatic nitrogens is 1. The highest BCUT2D eigenvalue weighted by atomic mass is 16.1. The third-order valence-corrected chi connectivity index (χ3v) is 3.26. The molecule has 0 saturated carbocycles. The van der Waals surface area contributed by atoms with Gasteiger partial charge in [-0.2, -0.15) is 0 Å². The third kappa shape index (κ3) is 2.30. The van der Waals surface area contributed by atoms with Gasteiger partial charge in [0.15, 0.2) is 0 Å². The zero-order valence-corrected chi connectivity index (χ0v) is 10.8. The van der Waals surface area contributed by atoms with Crippen molar-refractivity contribution in [3.05, 3.63) is 63.1 Å². The molecule has 0 aliphatic carbocycles. The maximum Gasteiger partial charge on any atom is 0.271 e. The molecule has 0 spiro atoms. The van der Waals surface area contributed by atoms with Gasteiger partial charge < -0.3 is 10.7 Å². The number of rotatable bonds is 3. The van der Waals surface area contributed by atoms with E-state index in [1.165, 1.54) is 5.56 Å². The van der Waals surface area contributed by atoms with E-state index in [-0.39, 0.29) is 5.56 Å². The first kappa shape index (κ1) is 12.4. The molecule has 2 aromatic rings. The average Bonchev–Trinajstić information content (AvgIpc) is 2.37. The number of anilines is 1. The van der Waals surface area contributed by atoms with E-state index in [1.807, 2.05) is 25.1 Å². The molecule has 0 unspecified atom stereocenters. The molecule has 0 atom stereocenters. The Kier molecular flexibility index (Phi) is 3.51. The number of nitrogens with two attached hydrogens (primary N) is 1. The lowest BCUT2D eigenvalue weighted by molar-refractivity contribution is 0.980. The van der Waals surface area contributed by atoms with Crippen molar-refractivity contribution >= 4 is 5.69 Å². The number of hydrogen-bond donors (Lipinski definition) is 2. The van der Waals surface area contributed by atoms with Crippen LogP contribution >= 0.6 is 0 Å². The molecule has 0 aliphatic heterocycles. The number of pyridine rings is 1. The first-order chi connectivity index (χ1) is 8.63. The van der Waals surface area contributed by atoms with E-state index >= 15 is 0 Å². The van der Waals surface area contributed by atoms with Gasteiger partial charge >= 0.3 is 0 Å². The Morgan fingerprint density at radius 1 is 1.17 bits per heavy atom. The first-order valence-electron chi connectivity index (χ1n) is 6.17. The fourth-order valence-electron chi connectivity index (χ4n) is 2.32. The smallest absolute Gasteiger partial charge is 0.271 e. The predicted molar refractivity (Wildman–Crippen MR) is 74.8 cm³/mol. The molecule has 3 nitrogen and oxygen atoms in total. The Balaban J connectivity index is 2.53. The Morgan fingerprint density at radius 3 is 2.44 bits per heavy atom. The van der Waals surface area contributed by atoms with Crippen molar-refractivity contribution in [2.45, 2.75) is 26.7 Å². The SMILES string of the molecule is CCc1c(C)[nH]c(=O)c(N)c1Cc1ccccc1. The number of aromatic amines is 1. The molecule has 0 radical (unpaired) electrons. The van der Waals surface area contributed by atoms with Gasteiger partial charge in [-0.3, -0.25) is 4.79 Å². The Morgan fingerprint density at radius 2 is 1.83 bits per heavy atom. The van der Waals surface area contributed by atoms with Crippen LogP contribution in [0.1, 0.15) is 29.3 Å². The van der Waals surface area contributed by atoms with Crippen LogP contribution in [-0.2, 0) is 12.8 Å². The maximum atomic E-state index is 11.7. The number of benzene rings is 1. The van der Waals surface area contributed by atoms with Crippen LogP contribution in [0.5, 0.6) is 0 Å². The summed E-state index contributed by atoms with van der Waals surface area (Å²) < 4.78 is 0. The summed E-state index contributed by atoms with van der Waals surface area (Å²) in [5.74, 6) is 0. The summed E-state index contributed by atoms with van der Waals surface area (Å²) in [6, 6.07) is 10.1. The van der Waals surface area contributed by atoms with E-state index in [0.29, 0.717) is 12.1 Å². The van der Waals surface area contributed by atoms with Crippen LogP contribution in [0.25, 0.3) is 0 Å². The number of aryl methyl sites for hydroxylation is 1. The van der Waals surface area contributed by atoms with Crippen molar-refractivity contribution in [3.63, 3.8) is 0 Å². The molecule has 0 saturated heterocycles. The minimum absolute atomic E-state index is 0.185. The minimum Gasteiger partial charge on any atom is -0.394 e. The second-order valence-electron chi connectivity index (χ2n) is 4.47. The van der Waals surface area contributed by atoms with Crippen LogP contribution in [0.3, 0.4) is 0 Å². The molecule has 1 heterocycles. The molecule has 3 heteroatoms.